The van der Waals surface area contributed by atoms with Crippen LogP contribution in [0.3, 0.4) is 0 Å². The molecule has 0 fully saturated rings. The standard InChI is InChI=1S/C19H22Cl2N2O3S/c1-13-9-10-15(12-14(13)2)23(27(3,25)26)11-5-8-18(24)22-17-7-4-6-16(20)19(17)21/h4,6-7,9-10,12H,5,8,11H2,1-3H3,(H,22,24). The van der Waals surface area contributed by atoms with Crippen LogP contribution in [0.25, 0.3) is 0 Å². The third kappa shape index (κ3) is 5.86. The topological polar surface area (TPSA) is 66.5 Å². The molecular weight excluding hydrogens is 407 g/mol. The van der Waals surface area contributed by atoms with Gasteiger partial charge in [0.2, 0.25) is 15.9 Å². The average Bonchev–Trinajstić information content (AvgIpc) is 2.57. The number of hydrogen-bond acceptors (Lipinski definition) is 3. The summed E-state index contributed by atoms with van der Waals surface area (Å²) in [5, 5.41) is 3.33. The van der Waals surface area contributed by atoms with Gasteiger partial charge in [-0.25, -0.2) is 8.42 Å². The highest BCUT2D eigenvalue weighted by Crippen LogP contribution is 2.29. The summed E-state index contributed by atoms with van der Waals surface area (Å²) in [6, 6.07) is 10.5. The van der Waals surface area contributed by atoms with Crippen LogP contribution in [-0.4, -0.2) is 27.1 Å². The summed E-state index contributed by atoms with van der Waals surface area (Å²) < 4.78 is 25.7. The van der Waals surface area contributed by atoms with Crippen molar-refractivity contribution in [1.29, 1.82) is 0 Å². The Kier molecular flexibility index (Phi) is 7.14. The van der Waals surface area contributed by atoms with E-state index in [9.17, 15) is 13.2 Å². The van der Waals surface area contributed by atoms with Crippen LogP contribution < -0.4 is 9.62 Å². The molecule has 0 atom stereocenters. The minimum absolute atomic E-state index is 0.152. The summed E-state index contributed by atoms with van der Waals surface area (Å²) in [5.74, 6) is -0.257. The molecule has 0 aliphatic heterocycles. The zero-order valence-corrected chi connectivity index (χ0v) is 17.7. The lowest BCUT2D eigenvalue weighted by Gasteiger charge is -2.23. The smallest absolute Gasteiger partial charge is 0.232 e. The number of halogens is 2. The van der Waals surface area contributed by atoms with Crippen molar-refractivity contribution in [2.24, 2.45) is 0 Å². The van der Waals surface area contributed by atoms with Gasteiger partial charge < -0.3 is 5.32 Å². The fraction of sp³-hybridized carbons (Fsp3) is 0.316. The summed E-state index contributed by atoms with van der Waals surface area (Å²) >= 11 is 12.0. The molecule has 2 aromatic rings. The van der Waals surface area contributed by atoms with E-state index >= 15 is 0 Å². The number of rotatable bonds is 7. The number of carbonyl (C=O) groups is 1. The van der Waals surface area contributed by atoms with Gasteiger partial charge in [-0.05, 0) is 55.7 Å². The molecule has 0 saturated heterocycles. The molecule has 0 aliphatic rings. The first-order valence-electron chi connectivity index (χ1n) is 8.38. The van der Waals surface area contributed by atoms with E-state index in [0.29, 0.717) is 22.8 Å². The van der Waals surface area contributed by atoms with Gasteiger partial charge in [0.25, 0.3) is 0 Å². The summed E-state index contributed by atoms with van der Waals surface area (Å²) in [4.78, 5) is 12.2. The van der Waals surface area contributed by atoms with E-state index < -0.39 is 10.0 Å². The lowest BCUT2D eigenvalue weighted by atomic mass is 10.1. The summed E-state index contributed by atoms with van der Waals surface area (Å²) in [7, 11) is -3.45. The minimum atomic E-state index is -3.45. The molecule has 0 bridgehead atoms. The van der Waals surface area contributed by atoms with Crippen LogP contribution in [-0.2, 0) is 14.8 Å². The van der Waals surface area contributed by atoms with Crippen molar-refractivity contribution in [2.45, 2.75) is 26.7 Å². The van der Waals surface area contributed by atoms with Gasteiger partial charge in [-0.15, -0.1) is 0 Å². The van der Waals surface area contributed by atoms with E-state index in [0.717, 1.165) is 17.4 Å². The Morgan fingerprint density at radius 2 is 1.81 bits per heavy atom. The van der Waals surface area contributed by atoms with E-state index in [1.165, 1.54) is 4.31 Å². The molecule has 2 rings (SSSR count). The monoisotopic (exact) mass is 428 g/mol. The van der Waals surface area contributed by atoms with Crippen molar-refractivity contribution in [1.82, 2.24) is 0 Å². The third-order valence-electron chi connectivity index (χ3n) is 4.17. The molecule has 146 valence electrons. The molecule has 2 aromatic carbocycles. The molecule has 0 aliphatic carbocycles. The number of sulfonamides is 1. The van der Waals surface area contributed by atoms with Crippen molar-refractivity contribution in [3.8, 4) is 0 Å². The van der Waals surface area contributed by atoms with Crippen molar-refractivity contribution in [3.63, 3.8) is 0 Å². The van der Waals surface area contributed by atoms with Gasteiger partial charge in [0.15, 0.2) is 0 Å². The second-order valence-corrected chi connectivity index (χ2v) is 9.05. The molecule has 0 spiro atoms. The van der Waals surface area contributed by atoms with Crippen molar-refractivity contribution in [2.75, 3.05) is 22.4 Å². The van der Waals surface area contributed by atoms with Gasteiger partial charge >= 0.3 is 0 Å². The number of amides is 1. The molecular formula is C19H22Cl2N2O3S. The predicted octanol–water partition coefficient (Wildman–Crippen LogP) is 4.80. The number of hydrogen-bond donors (Lipinski definition) is 1. The van der Waals surface area contributed by atoms with E-state index in [1.807, 2.05) is 26.0 Å². The normalized spacial score (nSPS) is 11.3. The minimum Gasteiger partial charge on any atom is -0.325 e. The lowest BCUT2D eigenvalue weighted by Crippen LogP contribution is -2.31. The Balaban J connectivity index is 2.02. The molecule has 0 saturated carbocycles. The van der Waals surface area contributed by atoms with Crippen molar-refractivity contribution < 1.29 is 13.2 Å². The summed E-state index contributed by atoms with van der Waals surface area (Å²) in [6.07, 6.45) is 1.68. The maximum atomic E-state index is 12.2. The maximum Gasteiger partial charge on any atom is 0.232 e. The zero-order chi connectivity index (χ0) is 20.2. The van der Waals surface area contributed by atoms with Crippen LogP contribution in [0.1, 0.15) is 24.0 Å². The van der Waals surface area contributed by atoms with Gasteiger partial charge in [-0.2, -0.15) is 0 Å². The average molecular weight is 429 g/mol. The Labute approximate surface area is 170 Å². The molecule has 1 amide bonds. The van der Waals surface area contributed by atoms with Crippen LogP contribution in [0, 0.1) is 13.8 Å². The Morgan fingerprint density at radius 1 is 1.11 bits per heavy atom. The predicted molar refractivity (Wildman–Crippen MR) is 112 cm³/mol. The Hall–Kier alpha value is -1.76. The number of carbonyl (C=O) groups excluding carboxylic acids is 1. The van der Waals surface area contributed by atoms with Gasteiger partial charge in [0.05, 0.1) is 27.7 Å². The van der Waals surface area contributed by atoms with Crippen LogP contribution >= 0.6 is 23.2 Å². The molecule has 0 aromatic heterocycles. The van der Waals surface area contributed by atoms with E-state index in [-0.39, 0.29) is 23.9 Å². The Morgan fingerprint density at radius 3 is 2.44 bits per heavy atom. The van der Waals surface area contributed by atoms with Crippen molar-refractivity contribution in [3.05, 3.63) is 57.6 Å². The molecule has 0 heterocycles. The largest absolute Gasteiger partial charge is 0.325 e. The molecule has 0 unspecified atom stereocenters. The molecule has 1 N–H and O–H groups in total. The maximum absolute atomic E-state index is 12.2. The van der Waals surface area contributed by atoms with Crippen LogP contribution in [0.15, 0.2) is 36.4 Å². The first kappa shape index (κ1) is 21.5. The number of nitrogens with zero attached hydrogens (tertiary/aromatic N) is 1. The first-order chi connectivity index (χ1) is 12.6. The number of anilines is 2. The Bertz CT molecular complexity index is 946. The molecule has 8 heteroatoms. The quantitative estimate of drug-likeness (QED) is 0.688. The van der Waals surface area contributed by atoms with Crippen LogP contribution in [0.5, 0.6) is 0 Å². The third-order valence-corrected chi connectivity index (χ3v) is 6.18. The van der Waals surface area contributed by atoms with Gasteiger partial charge in [0.1, 0.15) is 0 Å². The fourth-order valence-corrected chi connectivity index (χ4v) is 3.87. The fourth-order valence-electron chi connectivity index (χ4n) is 2.56. The second kappa shape index (κ2) is 8.95. The van der Waals surface area contributed by atoms with Crippen LogP contribution in [0.4, 0.5) is 11.4 Å². The number of aryl methyl sites for hydroxylation is 2. The van der Waals surface area contributed by atoms with Gasteiger partial charge in [0, 0.05) is 13.0 Å². The molecule has 0 radical (unpaired) electrons. The summed E-state index contributed by atoms with van der Waals surface area (Å²) in [6.45, 7) is 4.11. The SMILES string of the molecule is Cc1ccc(N(CCCC(=O)Nc2cccc(Cl)c2Cl)S(C)(=O)=O)cc1C. The highest BCUT2D eigenvalue weighted by Gasteiger charge is 2.18. The molecule has 27 heavy (non-hydrogen) atoms. The van der Waals surface area contributed by atoms with Gasteiger partial charge in [-0.3, -0.25) is 9.10 Å². The van der Waals surface area contributed by atoms with Crippen molar-refractivity contribution >= 4 is 50.5 Å². The van der Waals surface area contributed by atoms with Crippen LogP contribution in [0.2, 0.25) is 10.0 Å². The lowest BCUT2D eigenvalue weighted by molar-refractivity contribution is -0.116. The highest BCUT2D eigenvalue weighted by atomic mass is 35.5. The zero-order valence-electron chi connectivity index (χ0n) is 15.4. The van der Waals surface area contributed by atoms with Gasteiger partial charge in [-0.1, -0.05) is 35.3 Å². The molecule has 5 nitrogen and oxygen atoms in total. The number of nitrogens with one attached hydrogen (secondary N) is 1. The first-order valence-corrected chi connectivity index (χ1v) is 11.0. The summed E-state index contributed by atoms with van der Waals surface area (Å²) in [5.41, 5.74) is 3.13. The van der Waals surface area contributed by atoms with E-state index in [2.05, 4.69) is 5.32 Å². The second-order valence-electron chi connectivity index (χ2n) is 6.36. The number of benzene rings is 2. The van der Waals surface area contributed by atoms with E-state index in [1.54, 1.807) is 24.3 Å². The highest BCUT2D eigenvalue weighted by molar-refractivity contribution is 7.92. The van der Waals surface area contributed by atoms with E-state index in [4.69, 9.17) is 23.2 Å².